The molecule has 0 heterocycles. The molecule has 21 heavy (non-hydrogen) atoms. The molecule has 0 aliphatic carbocycles. The van der Waals surface area contributed by atoms with Crippen LogP contribution in [0.5, 0.6) is 0 Å². The van der Waals surface area contributed by atoms with Crippen molar-refractivity contribution in [2.45, 2.75) is 37.4 Å². The van der Waals surface area contributed by atoms with Crippen LogP contribution in [0.15, 0.2) is 29.2 Å². The first-order valence-electron chi connectivity index (χ1n) is 6.69. The molecule has 7 heteroatoms. The Balaban J connectivity index is 3.20. The van der Waals surface area contributed by atoms with Gasteiger partial charge in [0.15, 0.2) is 9.84 Å². The van der Waals surface area contributed by atoms with Gasteiger partial charge in [0.05, 0.1) is 16.2 Å². The molecule has 2 unspecified atom stereocenters. The fraction of sp³-hybridized carbons (Fsp3) is 0.571. The molecule has 0 fully saturated rings. The van der Waals surface area contributed by atoms with Crippen LogP contribution in [0.2, 0.25) is 0 Å². The summed E-state index contributed by atoms with van der Waals surface area (Å²) in [6.45, 7) is 3.78. The number of halogens is 3. The SMILES string of the molecule is CCC(C)C(CS(=O)(=O)c1ccccc1C(F)(F)F)NC. The van der Waals surface area contributed by atoms with Gasteiger partial charge in [-0.15, -0.1) is 0 Å². The molecule has 1 aromatic carbocycles. The van der Waals surface area contributed by atoms with Gasteiger partial charge in [-0.05, 0) is 25.1 Å². The van der Waals surface area contributed by atoms with Crippen molar-refractivity contribution < 1.29 is 21.6 Å². The topological polar surface area (TPSA) is 46.2 Å². The van der Waals surface area contributed by atoms with E-state index in [9.17, 15) is 21.6 Å². The van der Waals surface area contributed by atoms with Crippen LogP contribution < -0.4 is 5.32 Å². The van der Waals surface area contributed by atoms with Crippen LogP contribution in [-0.4, -0.2) is 27.3 Å². The molecule has 0 aromatic heterocycles. The number of alkyl halides is 3. The summed E-state index contributed by atoms with van der Waals surface area (Å²) in [5.74, 6) is -0.311. The van der Waals surface area contributed by atoms with Crippen LogP contribution in [0.3, 0.4) is 0 Å². The fourth-order valence-corrected chi connectivity index (χ4v) is 4.07. The van der Waals surface area contributed by atoms with Gasteiger partial charge in [-0.25, -0.2) is 8.42 Å². The fourth-order valence-electron chi connectivity index (χ4n) is 2.11. The summed E-state index contributed by atoms with van der Waals surface area (Å²) in [6.07, 6.45) is -3.95. The monoisotopic (exact) mass is 323 g/mol. The molecule has 1 aromatic rings. The van der Waals surface area contributed by atoms with Crippen LogP contribution in [0.1, 0.15) is 25.8 Å². The van der Waals surface area contributed by atoms with Crippen molar-refractivity contribution in [3.05, 3.63) is 29.8 Å². The number of hydrogen-bond acceptors (Lipinski definition) is 3. The maximum Gasteiger partial charge on any atom is 0.417 e. The van der Waals surface area contributed by atoms with E-state index in [0.717, 1.165) is 18.6 Å². The Morgan fingerprint density at radius 1 is 1.24 bits per heavy atom. The first-order valence-corrected chi connectivity index (χ1v) is 8.35. The second-order valence-electron chi connectivity index (χ2n) is 5.06. The van der Waals surface area contributed by atoms with Gasteiger partial charge < -0.3 is 5.32 Å². The van der Waals surface area contributed by atoms with Crippen molar-refractivity contribution in [2.75, 3.05) is 12.8 Å². The second kappa shape index (κ2) is 6.79. The van der Waals surface area contributed by atoms with Crippen LogP contribution in [0.25, 0.3) is 0 Å². The first kappa shape index (κ1) is 18.0. The Labute approximate surface area is 123 Å². The lowest BCUT2D eigenvalue weighted by molar-refractivity contribution is -0.139. The van der Waals surface area contributed by atoms with Crippen molar-refractivity contribution >= 4 is 9.84 Å². The number of sulfone groups is 1. The molecule has 0 saturated carbocycles. The largest absolute Gasteiger partial charge is 0.417 e. The minimum absolute atomic E-state index is 0.0443. The second-order valence-corrected chi connectivity index (χ2v) is 7.06. The third-order valence-corrected chi connectivity index (χ3v) is 5.45. The number of rotatable bonds is 6. The lowest BCUT2D eigenvalue weighted by Gasteiger charge is -2.23. The molecule has 0 spiro atoms. The highest BCUT2D eigenvalue weighted by molar-refractivity contribution is 7.91. The molecule has 0 aliphatic rings. The summed E-state index contributed by atoms with van der Waals surface area (Å²) in [5, 5.41) is 2.88. The van der Waals surface area contributed by atoms with Crippen molar-refractivity contribution in [3.63, 3.8) is 0 Å². The zero-order valence-corrected chi connectivity index (χ0v) is 13.1. The zero-order valence-electron chi connectivity index (χ0n) is 12.2. The van der Waals surface area contributed by atoms with Gasteiger partial charge >= 0.3 is 6.18 Å². The molecule has 1 rings (SSSR count). The quantitative estimate of drug-likeness (QED) is 0.875. The van der Waals surface area contributed by atoms with E-state index in [4.69, 9.17) is 0 Å². The maximum absolute atomic E-state index is 12.9. The molecule has 120 valence electrons. The predicted octanol–water partition coefficient (Wildman–Crippen LogP) is 3.11. The van der Waals surface area contributed by atoms with Crippen molar-refractivity contribution in [1.29, 1.82) is 0 Å². The third kappa shape index (κ3) is 4.44. The zero-order chi connectivity index (χ0) is 16.3. The summed E-state index contributed by atoms with van der Waals surface area (Å²) in [5.41, 5.74) is -1.11. The smallest absolute Gasteiger partial charge is 0.316 e. The van der Waals surface area contributed by atoms with Crippen LogP contribution in [-0.2, 0) is 16.0 Å². The molecule has 0 radical (unpaired) electrons. The van der Waals surface area contributed by atoms with E-state index in [1.165, 1.54) is 12.1 Å². The Morgan fingerprint density at radius 3 is 2.29 bits per heavy atom. The molecule has 0 saturated heterocycles. The van der Waals surface area contributed by atoms with Crippen molar-refractivity contribution in [1.82, 2.24) is 5.32 Å². The summed E-state index contributed by atoms with van der Waals surface area (Å²) < 4.78 is 63.5. The summed E-state index contributed by atoms with van der Waals surface area (Å²) >= 11 is 0. The van der Waals surface area contributed by atoms with E-state index in [-0.39, 0.29) is 17.7 Å². The molecular formula is C14H20F3NO2S. The lowest BCUT2D eigenvalue weighted by atomic mass is 10.0. The third-order valence-electron chi connectivity index (χ3n) is 3.63. The summed E-state index contributed by atoms with van der Waals surface area (Å²) in [6, 6.07) is 3.92. The van der Waals surface area contributed by atoms with Gasteiger partial charge in [-0.1, -0.05) is 32.4 Å². The van der Waals surface area contributed by atoms with Gasteiger partial charge in [-0.3, -0.25) is 0 Å². The molecule has 0 amide bonds. The van der Waals surface area contributed by atoms with Gasteiger partial charge in [0.1, 0.15) is 0 Å². The Bertz CT molecular complexity index is 570. The molecule has 0 aliphatic heterocycles. The van der Waals surface area contributed by atoms with Crippen LogP contribution in [0, 0.1) is 5.92 Å². The number of benzene rings is 1. The van der Waals surface area contributed by atoms with Crippen molar-refractivity contribution in [2.24, 2.45) is 5.92 Å². The Kier molecular flexibility index (Phi) is 5.81. The lowest BCUT2D eigenvalue weighted by Crippen LogP contribution is -2.38. The Morgan fingerprint density at radius 2 is 1.81 bits per heavy atom. The molecule has 1 N–H and O–H groups in total. The predicted molar refractivity (Wildman–Crippen MR) is 75.8 cm³/mol. The maximum atomic E-state index is 12.9. The van der Waals surface area contributed by atoms with Gasteiger partial charge in [0, 0.05) is 6.04 Å². The number of nitrogens with one attached hydrogen (secondary N) is 1. The normalized spacial score (nSPS) is 15.7. The van der Waals surface area contributed by atoms with E-state index in [0.29, 0.717) is 0 Å². The summed E-state index contributed by atoms with van der Waals surface area (Å²) in [7, 11) is -2.41. The van der Waals surface area contributed by atoms with E-state index in [1.807, 2.05) is 13.8 Å². The van der Waals surface area contributed by atoms with Gasteiger partial charge in [-0.2, -0.15) is 13.2 Å². The van der Waals surface area contributed by atoms with Gasteiger partial charge in [0.25, 0.3) is 0 Å². The van der Waals surface area contributed by atoms with E-state index >= 15 is 0 Å². The minimum Gasteiger partial charge on any atom is -0.316 e. The van der Waals surface area contributed by atoms with E-state index in [1.54, 1.807) is 7.05 Å². The van der Waals surface area contributed by atoms with Crippen molar-refractivity contribution in [3.8, 4) is 0 Å². The highest BCUT2D eigenvalue weighted by atomic mass is 32.2. The molecule has 2 atom stereocenters. The Hall–Kier alpha value is -1.08. The van der Waals surface area contributed by atoms with Crippen LogP contribution in [0.4, 0.5) is 13.2 Å². The highest BCUT2D eigenvalue weighted by Crippen LogP contribution is 2.34. The first-order chi connectivity index (χ1) is 9.63. The molecule has 0 bridgehead atoms. The van der Waals surface area contributed by atoms with Gasteiger partial charge in [0.2, 0.25) is 0 Å². The van der Waals surface area contributed by atoms with E-state index in [2.05, 4.69) is 5.32 Å². The molecular weight excluding hydrogens is 303 g/mol. The molecule has 3 nitrogen and oxygen atoms in total. The van der Waals surface area contributed by atoms with E-state index < -0.39 is 26.5 Å². The van der Waals surface area contributed by atoms with Crippen LogP contribution >= 0.6 is 0 Å². The highest BCUT2D eigenvalue weighted by Gasteiger charge is 2.37. The standard InChI is InChI=1S/C14H20F3NO2S/c1-4-10(2)12(18-3)9-21(19,20)13-8-6-5-7-11(13)14(15,16)17/h5-8,10,12,18H,4,9H2,1-3H3. The minimum atomic E-state index is -4.69. The average Bonchev–Trinajstić information content (AvgIpc) is 2.43. The summed E-state index contributed by atoms with van der Waals surface area (Å²) in [4.78, 5) is -0.652. The average molecular weight is 323 g/mol. The number of hydrogen-bond donors (Lipinski definition) is 1.